The average molecular weight is 645 g/mol. The molecular formula is C48H40N2. The first-order valence-corrected chi connectivity index (χ1v) is 18.0. The summed E-state index contributed by atoms with van der Waals surface area (Å²) in [5.74, 6) is 0. The fourth-order valence-electron chi connectivity index (χ4n) is 9.04. The molecule has 0 saturated carbocycles. The number of fused-ring (bicyclic) bond motifs is 9. The van der Waals surface area contributed by atoms with Crippen LogP contribution in [0.4, 0.5) is 0 Å². The SMILES string of the molecule is CC1(C)CCC(C)(C)c2cc(-n3c4cc(-c5ccccc5-n5c6ccccc6c6ccccc65)ccc4c4c5ccccc5ccc43)ccc21. The summed E-state index contributed by atoms with van der Waals surface area (Å²) < 4.78 is 4.97. The molecule has 9 aromatic rings. The molecule has 0 fully saturated rings. The van der Waals surface area contributed by atoms with Crippen molar-refractivity contribution in [2.24, 2.45) is 0 Å². The van der Waals surface area contributed by atoms with Gasteiger partial charge in [0.2, 0.25) is 0 Å². The van der Waals surface area contributed by atoms with Crippen LogP contribution in [0.15, 0.2) is 146 Å². The summed E-state index contributed by atoms with van der Waals surface area (Å²) in [5, 5.41) is 7.72. The van der Waals surface area contributed by atoms with Gasteiger partial charge in [0.25, 0.3) is 0 Å². The summed E-state index contributed by atoms with van der Waals surface area (Å²) in [7, 11) is 0. The van der Waals surface area contributed by atoms with Gasteiger partial charge in [0.15, 0.2) is 0 Å². The van der Waals surface area contributed by atoms with Crippen molar-refractivity contribution in [1.82, 2.24) is 9.13 Å². The van der Waals surface area contributed by atoms with Gasteiger partial charge in [-0.2, -0.15) is 0 Å². The van der Waals surface area contributed by atoms with E-state index in [0.717, 1.165) is 0 Å². The van der Waals surface area contributed by atoms with Crippen LogP contribution in [0, 0.1) is 0 Å². The fraction of sp³-hybridized carbons (Fsp3) is 0.167. The fourth-order valence-corrected chi connectivity index (χ4v) is 9.04. The lowest BCUT2D eigenvalue weighted by molar-refractivity contribution is 0.332. The van der Waals surface area contributed by atoms with Crippen molar-refractivity contribution >= 4 is 54.4 Å². The van der Waals surface area contributed by atoms with Crippen LogP contribution < -0.4 is 0 Å². The Bertz CT molecular complexity index is 2770. The third-order valence-electron chi connectivity index (χ3n) is 11.8. The molecule has 0 unspecified atom stereocenters. The zero-order valence-corrected chi connectivity index (χ0v) is 29.2. The molecule has 1 aliphatic carbocycles. The Morgan fingerprint density at radius 3 is 1.84 bits per heavy atom. The molecule has 50 heavy (non-hydrogen) atoms. The second kappa shape index (κ2) is 10.5. The summed E-state index contributed by atoms with van der Waals surface area (Å²) in [6, 6.07) is 54.3. The van der Waals surface area contributed by atoms with Crippen LogP contribution in [0.3, 0.4) is 0 Å². The maximum absolute atomic E-state index is 2.53. The summed E-state index contributed by atoms with van der Waals surface area (Å²) in [5.41, 5.74) is 13.1. The highest BCUT2D eigenvalue weighted by Crippen LogP contribution is 2.47. The number of para-hydroxylation sites is 3. The van der Waals surface area contributed by atoms with E-state index in [1.54, 1.807) is 0 Å². The average Bonchev–Trinajstić information content (AvgIpc) is 3.66. The Kier molecular flexibility index (Phi) is 6.13. The summed E-state index contributed by atoms with van der Waals surface area (Å²) in [4.78, 5) is 0. The van der Waals surface area contributed by atoms with Crippen molar-refractivity contribution in [3.63, 3.8) is 0 Å². The molecule has 7 aromatic carbocycles. The highest BCUT2D eigenvalue weighted by Gasteiger charge is 2.37. The molecule has 2 aromatic heterocycles. The van der Waals surface area contributed by atoms with Gasteiger partial charge < -0.3 is 9.13 Å². The largest absolute Gasteiger partial charge is 0.309 e. The van der Waals surface area contributed by atoms with Crippen LogP contribution in [0.1, 0.15) is 51.7 Å². The maximum Gasteiger partial charge on any atom is 0.0547 e. The quantitative estimate of drug-likeness (QED) is 0.181. The molecule has 2 nitrogen and oxygen atoms in total. The summed E-state index contributed by atoms with van der Waals surface area (Å²) >= 11 is 0. The van der Waals surface area contributed by atoms with Crippen molar-refractivity contribution in [2.45, 2.75) is 51.4 Å². The third-order valence-corrected chi connectivity index (χ3v) is 11.8. The van der Waals surface area contributed by atoms with Gasteiger partial charge in [0, 0.05) is 32.8 Å². The van der Waals surface area contributed by atoms with E-state index >= 15 is 0 Å². The minimum Gasteiger partial charge on any atom is -0.309 e. The van der Waals surface area contributed by atoms with Gasteiger partial charge in [-0.05, 0) is 93.6 Å². The van der Waals surface area contributed by atoms with E-state index in [1.165, 1.54) is 101 Å². The summed E-state index contributed by atoms with van der Waals surface area (Å²) in [6.45, 7) is 9.67. The monoisotopic (exact) mass is 644 g/mol. The van der Waals surface area contributed by atoms with Crippen molar-refractivity contribution in [3.8, 4) is 22.5 Å². The zero-order valence-electron chi connectivity index (χ0n) is 29.2. The molecule has 0 spiro atoms. The number of aromatic nitrogens is 2. The number of benzene rings is 7. The van der Waals surface area contributed by atoms with Crippen molar-refractivity contribution in [3.05, 3.63) is 157 Å². The van der Waals surface area contributed by atoms with Crippen LogP contribution in [0.2, 0.25) is 0 Å². The van der Waals surface area contributed by atoms with E-state index in [2.05, 4.69) is 182 Å². The molecule has 0 amide bonds. The number of nitrogens with zero attached hydrogens (tertiary/aromatic N) is 2. The lowest BCUT2D eigenvalue weighted by Crippen LogP contribution is -2.33. The van der Waals surface area contributed by atoms with Gasteiger partial charge in [0.05, 0.1) is 27.8 Å². The van der Waals surface area contributed by atoms with Gasteiger partial charge in [0.1, 0.15) is 0 Å². The lowest BCUT2D eigenvalue weighted by atomic mass is 9.63. The van der Waals surface area contributed by atoms with Crippen LogP contribution in [-0.2, 0) is 10.8 Å². The minimum absolute atomic E-state index is 0.124. The highest BCUT2D eigenvalue weighted by atomic mass is 15.0. The van der Waals surface area contributed by atoms with Gasteiger partial charge in [-0.3, -0.25) is 0 Å². The molecular weight excluding hydrogens is 605 g/mol. The van der Waals surface area contributed by atoms with E-state index in [9.17, 15) is 0 Å². The smallest absolute Gasteiger partial charge is 0.0547 e. The molecule has 2 heterocycles. The first kappa shape index (κ1) is 29.3. The summed E-state index contributed by atoms with van der Waals surface area (Å²) in [6.07, 6.45) is 2.40. The van der Waals surface area contributed by atoms with E-state index in [4.69, 9.17) is 0 Å². The Morgan fingerprint density at radius 1 is 0.440 bits per heavy atom. The molecule has 0 radical (unpaired) electrons. The second-order valence-corrected chi connectivity index (χ2v) is 15.6. The van der Waals surface area contributed by atoms with Gasteiger partial charge in [-0.15, -0.1) is 0 Å². The van der Waals surface area contributed by atoms with Crippen molar-refractivity contribution in [2.75, 3.05) is 0 Å². The minimum atomic E-state index is 0.124. The van der Waals surface area contributed by atoms with Crippen molar-refractivity contribution < 1.29 is 0 Å². The molecule has 0 atom stereocenters. The molecule has 0 saturated heterocycles. The van der Waals surface area contributed by atoms with Crippen LogP contribution >= 0.6 is 0 Å². The van der Waals surface area contributed by atoms with Gasteiger partial charge >= 0.3 is 0 Å². The first-order chi connectivity index (χ1) is 24.3. The van der Waals surface area contributed by atoms with Crippen LogP contribution in [0.25, 0.3) is 76.9 Å². The maximum atomic E-state index is 2.53. The number of hydrogen-bond donors (Lipinski definition) is 0. The lowest BCUT2D eigenvalue weighted by Gasteiger charge is -2.42. The zero-order chi connectivity index (χ0) is 33.8. The number of hydrogen-bond acceptors (Lipinski definition) is 0. The molecule has 0 bridgehead atoms. The number of rotatable bonds is 3. The molecule has 2 heteroatoms. The third kappa shape index (κ3) is 4.15. The predicted molar refractivity (Wildman–Crippen MR) is 213 cm³/mol. The van der Waals surface area contributed by atoms with E-state index in [-0.39, 0.29) is 10.8 Å². The Hall–Kier alpha value is -5.60. The topological polar surface area (TPSA) is 9.86 Å². The standard InChI is InChI=1S/C48H40N2/c1-47(2)27-28-48(3,4)40-30-33(23-25-39(40)47)49-44-26-22-31-13-5-6-15-35(31)46(44)38-24-21-32(29-45(38)49)34-14-7-10-18-41(34)50-42-19-11-8-16-36(42)37-17-9-12-20-43(37)50/h5-26,29-30H,27-28H2,1-4H3. The van der Waals surface area contributed by atoms with E-state index < -0.39 is 0 Å². The Balaban J connectivity index is 1.27. The van der Waals surface area contributed by atoms with E-state index in [1.807, 2.05) is 0 Å². The second-order valence-electron chi connectivity index (χ2n) is 15.6. The predicted octanol–water partition coefficient (Wildman–Crippen LogP) is 13.0. The van der Waals surface area contributed by atoms with Gasteiger partial charge in [-0.1, -0.05) is 131 Å². The molecule has 0 aliphatic heterocycles. The van der Waals surface area contributed by atoms with Crippen LogP contribution in [-0.4, -0.2) is 9.13 Å². The van der Waals surface area contributed by atoms with Crippen LogP contribution in [0.5, 0.6) is 0 Å². The molecule has 10 rings (SSSR count). The normalized spacial score (nSPS) is 15.4. The van der Waals surface area contributed by atoms with E-state index in [0.29, 0.717) is 0 Å². The molecule has 0 N–H and O–H groups in total. The van der Waals surface area contributed by atoms with Gasteiger partial charge in [-0.25, -0.2) is 0 Å². The Labute approximate surface area is 293 Å². The first-order valence-electron chi connectivity index (χ1n) is 18.0. The molecule has 1 aliphatic rings. The Morgan fingerprint density at radius 2 is 1.08 bits per heavy atom. The highest BCUT2D eigenvalue weighted by molar-refractivity contribution is 6.22. The molecule has 242 valence electrons. The van der Waals surface area contributed by atoms with Crippen molar-refractivity contribution in [1.29, 1.82) is 0 Å².